The lowest BCUT2D eigenvalue weighted by atomic mass is 9.43. The van der Waals surface area contributed by atoms with Crippen molar-refractivity contribution in [3.8, 4) is 56.4 Å². The number of fused-ring (bicyclic) bond motifs is 5. The first kappa shape index (κ1) is 30.5. The van der Waals surface area contributed by atoms with E-state index in [0.29, 0.717) is 17.5 Å². The van der Waals surface area contributed by atoms with Crippen LogP contribution in [-0.4, -0.2) is 15.0 Å². The zero-order valence-electron chi connectivity index (χ0n) is 30.1. The molecule has 8 aromatic rings. The van der Waals surface area contributed by atoms with Crippen molar-refractivity contribution in [2.45, 2.75) is 37.5 Å². The topological polar surface area (TPSA) is 38.7 Å². The lowest BCUT2D eigenvalue weighted by molar-refractivity contribution is -0.0399. The van der Waals surface area contributed by atoms with E-state index in [0.717, 1.165) is 40.4 Å². The standard InChI is InChI=1S/C51H39N3/c1-2-10-35(11-3-1)48-52-49(36-19-17-34(18-20-36)43-15-8-12-33-9-4-5-13-42(33)43)54-50(53-48)38-22-21-37-29-45-44-14-6-7-16-46(44)51(47(45)30-39(37)28-38)40-24-31-23-32(26-40)27-41(51)25-31/h1-22,28-32,40-41H,23-27H2. The Balaban J connectivity index is 0.986. The van der Waals surface area contributed by atoms with Crippen molar-refractivity contribution in [1.82, 2.24) is 15.0 Å². The minimum atomic E-state index is 0.141. The van der Waals surface area contributed by atoms with Gasteiger partial charge < -0.3 is 0 Å². The Kier molecular flexibility index (Phi) is 6.52. The van der Waals surface area contributed by atoms with Crippen LogP contribution < -0.4 is 0 Å². The summed E-state index contributed by atoms with van der Waals surface area (Å²) < 4.78 is 0. The zero-order valence-corrected chi connectivity index (χ0v) is 30.1. The number of aromatic nitrogens is 3. The molecule has 13 rings (SSSR count). The van der Waals surface area contributed by atoms with Gasteiger partial charge in [-0.1, -0.05) is 133 Å². The van der Waals surface area contributed by atoms with Crippen LogP contribution in [0.2, 0.25) is 0 Å². The van der Waals surface area contributed by atoms with E-state index in [9.17, 15) is 0 Å². The highest BCUT2D eigenvalue weighted by Gasteiger charge is 2.61. The van der Waals surface area contributed by atoms with E-state index in [1.807, 2.05) is 18.2 Å². The highest BCUT2D eigenvalue weighted by molar-refractivity contribution is 5.97. The van der Waals surface area contributed by atoms with E-state index in [4.69, 9.17) is 15.0 Å². The minimum absolute atomic E-state index is 0.141. The molecule has 4 saturated carbocycles. The molecule has 1 spiro atoms. The average Bonchev–Trinajstić information content (AvgIpc) is 3.51. The van der Waals surface area contributed by atoms with Crippen LogP contribution >= 0.6 is 0 Å². The summed E-state index contributed by atoms with van der Waals surface area (Å²) in [6, 6.07) is 55.3. The molecule has 1 aromatic heterocycles. The van der Waals surface area contributed by atoms with Gasteiger partial charge in [0.05, 0.1) is 0 Å². The number of rotatable bonds is 4. The molecule has 0 radical (unpaired) electrons. The molecular weight excluding hydrogens is 655 g/mol. The molecule has 3 heteroatoms. The fourth-order valence-electron chi connectivity index (χ4n) is 11.7. The zero-order chi connectivity index (χ0) is 35.4. The summed E-state index contributed by atoms with van der Waals surface area (Å²) in [5, 5.41) is 5.04. The monoisotopic (exact) mass is 693 g/mol. The maximum atomic E-state index is 5.18. The van der Waals surface area contributed by atoms with Gasteiger partial charge in [0, 0.05) is 22.1 Å². The van der Waals surface area contributed by atoms with Crippen molar-refractivity contribution in [1.29, 1.82) is 0 Å². The summed E-state index contributed by atoms with van der Waals surface area (Å²) in [5.41, 5.74) is 11.6. The van der Waals surface area contributed by atoms with Crippen molar-refractivity contribution < 1.29 is 0 Å². The first-order chi connectivity index (χ1) is 26.7. The number of hydrogen-bond acceptors (Lipinski definition) is 3. The second-order valence-electron chi connectivity index (χ2n) is 16.5. The molecule has 7 aromatic carbocycles. The second kappa shape index (κ2) is 11.5. The van der Waals surface area contributed by atoms with Gasteiger partial charge in [-0.2, -0.15) is 0 Å². The number of nitrogens with zero attached hydrogens (tertiary/aromatic N) is 3. The Bertz CT molecular complexity index is 2750. The quantitative estimate of drug-likeness (QED) is 0.184. The molecule has 0 saturated heterocycles. The Morgan fingerprint density at radius 2 is 0.963 bits per heavy atom. The molecule has 0 atom stereocenters. The Labute approximate surface area is 315 Å². The molecule has 0 amide bonds. The summed E-state index contributed by atoms with van der Waals surface area (Å²) in [4.78, 5) is 15.4. The van der Waals surface area contributed by atoms with Gasteiger partial charge in [-0.3, -0.25) is 0 Å². The lowest BCUT2D eigenvalue weighted by Crippen LogP contribution is -2.55. The molecule has 54 heavy (non-hydrogen) atoms. The van der Waals surface area contributed by atoms with Crippen molar-refractivity contribution in [3.63, 3.8) is 0 Å². The van der Waals surface area contributed by atoms with Gasteiger partial charge in [0.15, 0.2) is 17.5 Å². The highest BCUT2D eigenvalue weighted by atomic mass is 15.0. The fourth-order valence-corrected chi connectivity index (χ4v) is 11.7. The summed E-state index contributed by atoms with van der Waals surface area (Å²) >= 11 is 0. The summed E-state index contributed by atoms with van der Waals surface area (Å²) in [5.74, 6) is 5.39. The second-order valence-corrected chi connectivity index (χ2v) is 16.5. The fraction of sp³-hybridized carbons (Fsp3) is 0.196. The molecule has 5 aliphatic carbocycles. The van der Waals surface area contributed by atoms with Gasteiger partial charge >= 0.3 is 0 Å². The molecule has 5 aliphatic rings. The van der Waals surface area contributed by atoms with Crippen LogP contribution in [0.15, 0.2) is 152 Å². The third-order valence-corrected chi connectivity index (χ3v) is 13.7. The molecule has 4 bridgehead atoms. The average molecular weight is 694 g/mol. The molecule has 4 fully saturated rings. The smallest absolute Gasteiger partial charge is 0.164 e. The van der Waals surface area contributed by atoms with E-state index in [2.05, 4.69) is 133 Å². The van der Waals surface area contributed by atoms with Crippen LogP contribution in [0, 0.1) is 23.7 Å². The maximum Gasteiger partial charge on any atom is 0.164 e. The van der Waals surface area contributed by atoms with Crippen molar-refractivity contribution in [3.05, 3.63) is 163 Å². The van der Waals surface area contributed by atoms with Crippen LogP contribution in [0.5, 0.6) is 0 Å². The number of hydrogen-bond donors (Lipinski definition) is 0. The van der Waals surface area contributed by atoms with Gasteiger partial charge in [0.25, 0.3) is 0 Å². The van der Waals surface area contributed by atoms with E-state index in [1.165, 1.54) is 75.9 Å². The SMILES string of the molecule is c1ccc(-c2nc(-c3ccc(-c4cccc5ccccc45)cc3)nc(-c3ccc4cc5c(cc4c3)C3(c4ccccc4-5)C4CC5CC(C4)CC3C5)n2)cc1. The number of benzene rings is 7. The molecule has 0 aliphatic heterocycles. The van der Waals surface area contributed by atoms with Crippen LogP contribution in [-0.2, 0) is 5.41 Å². The van der Waals surface area contributed by atoms with Gasteiger partial charge in [-0.05, 0) is 129 Å². The third-order valence-electron chi connectivity index (χ3n) is 13.7. The Hall–Kier alpha value is -5.93. The van der Waals surface area contributed by atoms with E-state index >= 15 is 0 Å². The normalized spacial score (nSPS) is 23.3. The molecule has 3 nitrogen and oxygen atoms in total. The molecule has 0 unspecified atom stereocenters. The molecule has 258 valence electrons. The predicted molar refractivity (Wildman–Crippen MR) is 220 cm³/mol. The van der Waals surface area contributed by atoms with Crippen LogP contribution in [0.1, 0.15) is 43.2 Å². The first-order valence-electron chi connectivity index (χ1n) is 19.8. The summed E-state index contributed by atoms with van der Waals surface area (Å²) in [6.45, 7) is 0. The predicted octanol–water partition coefficient (Wildman–Crippen LogP) is 12.6. The Morgan fingerprint density at radius 1 is 0.370 bits per heavy atom. The third kappa shape index (κ3) is 4.45. The van der Waals surface area contributed by atoms with Gasteiger partial charge in [-0.25, -0.2) is 15.0 Å². The maximum absolute atomic E-state index is 5.18. The Morgan fingerprint density at radius 3 is 1.74 bits per heavy atom. The molecule has 1 heterocycles. The van der Waals surface area contributed by atoms with Gasteiger partial charge in [0.2, 0.25) is 0 Å². The molecule has 0 N–H and O–H groups in total. The summed E-state index contributed by atoms with van der Waals surface area (Å²) in [6.07, 6.45) is 7.01. The largest absolute Gasteiger partial charge is 0.208 e. The molecular formula is C51H39N3. The van der Waals surface area contributed by atoms with Gasteiger partial charge in [-0.15, -0.1) is 0 Å². The van der Waals surface area contributed by atoms with Gasteiger partial charge in [0.1, 0.15) is 0 Å². The van der Waals surface area contributed by atoms with Crippen molar-refractivity contribution in [2.75, 3.05) is 0 Å². The van der Waals surface area contributed by atoms with Crippen LogP contribution in [0.25, 0.3) is 78.0 Å². The van der Waals surface area contributed by atoms with Crippen LogP contribution in [0.4, 0.5) is 0 Å². The minimum Gasteiger partial charge on any atom is -0.208 e. The summed E-state index contributed by atoms with van der Waals surface area (Å²) in [7, 11) is 0. The lowest BCUT2D eigenvalue weighted by Gasteiger charge is -2.61. The first-order valence-corrected chi connectivity index (χ1v) is 19.8. The van der Waals surface area contributed by atoms with Crippen molar-refractivity contribution in [2.24, 2.45) is 23.7 Å². The van der Waals surface area contributed by atoms with Crippen LogP contribution in [0.3, 0.4) is 0 Å². The highest BCUT2D eigenvalue weighted by Crippen LogP contribution is 2.69. The van der Waals surface area contributed by atoms with Crippen molar-refractivity contribution >= 4 is 21.5 Å². The van der Waals surface area contributed by atoms with E-state index in [1.54, 1.807) is 11.1 Å². The van der Waals surface area contributed by atoms with E-state index < -0.39 is 0 Å². The van der Waals surface area contributed by atoms with E-state index in [-0.39, 0.29) is 5.41 Å².